The molecule has 1 aliphatic carbocycles. The normalized spacial score (nSPS) is 21.8. The molecule has 0 radical (unpaired) electrons. The van der Waals surface area contributed by atoms with Crippen LogP contribution < -0.4 is 5.32 Å². The van der Waals surface area contributed by atoms with E-state index in [1.165, 1.54) is 0 Å². The van der Waals surface area contributed by atoms with Gasteiger partial charge in [0.25, 0.3) is 0 Å². The Hall–Kier alpha value is -1.98. The molecule has 0 unspecified atom stereocenters. The molecule has 2 fully saturated rings. The van der Waals surface area contributed by atoms with Crippen molar-refractivity contribution < 1.29 is 14.0 Å². The molecule has 6 heteroatoms. The Morgan fingerprint density at radius 2 is 2.04 bits per heavy atom. The first-order valence-electron chi connectivity index (χ1n) is 8.88. The van der Waals surface area contributed by atoms with E-state index in [4.69, 9.17) is 4.42 Å². The summed E-state index contributed by atoms with van der Waals surface area (Å²) < 4.78 is 5.47. The fourth-order valence-electron chi connectivity index (χ4n) is 3.37. The Kier molecular flexibility index (Phi) is 4.83. The molecule has 1 N–H and O–H groups in total. The maximum atomic E-state index is 12.8. The van der Waals surface area contributed by atoms with Crippen LogP contribution in [0, 0.1) is 5.92 Å². The van der Waals surface area contributed by atoms with E-state index in [9.17, 15) is 9.59 Å². The highest BCUT2D eigenvalue weighted by molar-refractivity contribution is 5.79. The van der Waals surface area contributed by atoms with Crippen molar-refractivity contribution in [2.24, 2.45) is 5.92 Å². The zero-order chi connectivity index (χ0) is 17.3. The molecular weight excluding hydrogens is 306 g/mol. The van der Waals surface area contributed by atoms with E-state index in [0.29, 0.717) is 12.6 Å². The molecule has 24 heavy (non-hydrogen) atoms. The van der Waals surface area contributed by atoms with Crippen molar-refractivity contribution in [1.29, 1.82) is 0 Å². The zero-order valence-electron chi connectivity index (χ0n) is 14.7. The van der Waals surface area contributed by atoms with Gasteiger partial charge in [-0.25, -0.2) is 4.79 Å². The van der Waals surface area contributed by atoms with Crippen molar-refractivity contribution in [3.05, 3.63) is 24.2 Å². The molecule has 1 aromatic rings. The number of nitrogens with zero attached hydrogens (tertiary/aromatic N) is 2. The SMILES string of the molecule is CC(C)C(=O)N1CC[C@@H](NC(=O)N(C2CC2)[C@@H](C)c2ccco2)C1. The van der Waals surface area contributed by atoms with E-state index >= 15 is 0 Å². The highest BCUT2D eigenvalue weighted by atomic mass is 16.3. The van der Waals surface area contributed by atoms with Crippen LogP contribution in [-0.2, 0) is 4.79 Å². The summed E-state index contributed by atoms with van der Waals surface area (Å²) in [5.41, 5.74) is 0. The average Bonchev–Trinajstić information content (AvgIpc) is 3.04. The second kappa shape index (κ2) is 6.87. The molecule has 0 aromatic carbocycles. The highest BCUT2D eigenvalue weighted by Crippen LogP contribution is 2.34. The lowest BCUT2D eigenvalue weighted by atomic mass is 10.2. The fourth-order valence-corrected chi connectivity index (χ4v) is 3.37. The number of hydrogen-bond donors (Lipinski definition) is 1. The molecule has 3 rings (SSSR count). The summed E-state index contributed by atoms with van der Waals surface area (Å²) >= 11 is 0. The number of amides is 3. The molecule has 1 aromatic heterocycles. The number of urea groups is 1. The third-order valence-electron chi connectivity index (χ3n) is 4.87. The Labute approximate surface area is 143 Å². The monoisotopic (exact) mass is 333 g/mol. The van der Waals surface area contributed by atoms with Gasteiger partial charge in [-0.3, -0.25) is 4.79 Å². The van der Waals surface area contributed by atoms with E-state index in [2.05, 4.69) is 5.32 Å². The molecule has 1 aliphatic heterocycles. The van der Waals surface area contributed by atoms with Gasteiger partial charge in [-0.2, -0.15) is 0 Å². The van der Waals surface area contributed by atoms with Gasteiger partial charge in [0, 0.05) is 31.1 Å². The van der Waals surface area contributed by atoms with Gasteiger partial charge in [-0.05, 0) is 38.3 Å². The van der Waals surface area contributed by atoms with Gasteiger partial charge >= 0.3 is 6.03 Å². The van der Waals surface area contributed by atoms with E-state index < -0.39 is 0 Å². The Bertz CT molecular complexity index is 580. The smallest absolute Gasteiger partial charge is 0.318 e. The molecule has 2 aliphatic rings. The van der Waals surface area contributed by atoms with E-state index in [1.807, 2.05) is 42.7 Å². The molecule has 3 amide bonds. The van der Waals surface area contributed by atoms with Crippen LogP contribution in [0.25, 0.3) is 0 Å². The van der Waals surface area contributed by atoms with Crippen LogP contribution in [0.1, 0.15) is 51.8 Å². The van der Waals surface area contributed by atoms with Crippen molar-refractivity contribution in [2.75, 3.05) is 13.1 Å². The van der Waals surface area contributed by atoms with Gasteiger partial charge in [0.2, 0.25) is 5.91 Å². The average molecular weight is 333 g/mol. The van der Waals surface area contributed by atoms with Crippen molar-refractivity contribution in [1.82, 2.24) is 15.1 Å². The summed E-state index contributed by atoms with van der Waals surface area (Å²) in [6.45, 7) is 7.15. The number of likely N-dealkylation sites (tertiary alicyclic amines) is 1. The Morgan fingerprint density at radius 1 is 1.29 bits per heavy atom. The van der Waals surface area contributed by atoms with E-state index in [1.54, 1.807) is 6.26 Å². The van der Waals surface area contributed by atoms with Crippen molar-refractivity contribution in [2.45, 2.75) is 58.2 Å². The summed E-state index contributed by atoms with van der Waals surface area (Å²) in [7, 11) is 0. The zero-order valence-corrected chi connectivity index (χ0v) is 14.7. The molecule has 1 saturated carbocycles. The molecule has 2 heterocycles. The minimum atomic E-state index is -0.0812. The van der Waals surface area contributed by atoms with Gasteiger partial charge < -0.3 is 19.5 Å². The van der Waals surface area contributed by atoms with Crippen LogP contribution in [0.3, 0.4) is 0 Å². The number of hydrogen-bond acceptors (Lipinski definition) is 3. The lowest BCUT2D eigenvalue weighted by molar-refractivity contribution is -0.133. The summed E-state index contributed by atoms with van der Waals surface area (Å²) in [5, 5.41) is 3.12. The van der Waals surface area contributed by atoms with Crippen LogP contribution in [0.4, 0.5) is 4.79 Å². The number of carbonyl (C=O) groups is 2. The first kappa shape index (κ1) is 16.9. The topological polar surface area (TPSA) is 65.8 Å². The molecule has 1 saturated heterocycles. The van der Waals surface area contributed by atoms with Crippen LogP contribution in [0.15, 0.2) is 22.8 Å². The standard InChI is InChI=1S/C18H27N3O3/c1-12(2)17(22)20-9-8-14(11-20)19-18(23)21(15-6-7-15)13(3)16-5-4-10-24-16/h4-5,10,12-15H,6-9,11H2,1-3H3,(H,19,23)/t13-,14+/m0/s1. The van der Waals surface area contributed by atoms with E-state index in [-0.39, 0.29) is 29.9 Å². The Morgan fingerprint density at radius 3 is 2.62 bits per heavy atom. The summed E-state index contributed by atoms with van der Waals surface area (Å²) in [5.74, 6) is 0.969. The number of carbonyl (C=O) groups excluding carboxylic acids is 2. The molecule has 6 nitrogen and oxygen atoms in total. The third kappa shape index (κ3) is 3.57. The molecule has 0 spiro atoms. The van der Waals surface area contributed by atoms with E-state index in [0.717, 1.165) is 31.6 Å². The van der Waals surface area contributed by atoms with Gasteiger partial charge in [0.15, 0.2) is 0 Å². The van der Waals surface area contributed by atoms with Crippen LogP contribution in [0.5, 0.6) is 0 Å². The first-order valence-corrected chi connectivity index (χ1v) is 8.88. The predicted molar refractivity (Wildman–Crippen MR) is 90.3 cm³/mol. The van der Waals surface area contributed by atoms with Crippen LogP contribution in [-0.4, -0.2) is 46.9 Å². The third-order valence-corrected chi connectivity index (χ3v) is 4.87. The van der Waals surface area contributed by atoms with Gasteiger partial charge in [0.05, 0.1) is 12.3 Å². The first-order chi connectivity index (χ1) is 11.5. The summed E-state index contributed by atoms with van der Waals surface area (Å²) in [6, 6.07) is 3.95. The maximum absolute atomic E-state index is 12.8. The summed E-state index contributed by atoms with van der Waals surface area (Å²) in [6.07, 6.45) is 4.54. The lowest BCUT2D eigenvalue weighted by Gasteiger charge is -2.29. The minimum Gasteiger partial charge on any atom is -0.467 e. The number of furan rings is 1. The lowest BCUT2D eigenvalue weighted by Crippen LogP contribution is -2.48. The van der Waals surface area contributed by atoms with Crippen molar-refractivity contribution >= 4 is 11.9 Å². The number of rotatable bonds is 5. The molecule has 2 atom stereocenters. The van der Waals surface area contributed by atoms with Crippen LogP contribution >= 0.6 is 0 Å². The van der Waals surface area contributed by atoms with Gasteiger partial charge in [-0.15, -0.1) is 0 Å². The van der Waals surface area contributed by atoms with Crippen molar-refractivity contribution in [3.8, 4) is 0 Å². The molecule has 132 valence electrons. The Balaban J connectivity index is 1.60. The second-order valence-corrected chi connectivity index (χ2v) is 7.20. The molecule has 0 bridgehead atoms. The van der Waals surface area contributed by atoms with Gasteiger partial charge in [0.1, 0.15) is 5.76 Å². The quantitative estimate of drug-likeness (QED) is 0.901. The van der Waals surface area contributed by atoms with Crippen molar-refractivity contribution in [3.63, 3.8) is 0 Å². The number of nitrogens with one attached hydrogen (secondary N) is 1. The summed E-state index contributed by atoms with van der Waals surface area (Å²) in [4.78, 5) is 28.6. The largest absolute Gasteiger partial charge is 0.467 e. The molecular formula is C18H27N3O3. The second-order valence-electron chi connectivity index (χ2n) is 7.20. The van der Waals surface area contributed by atoms with Gasteiger partial charge in [-0.1, -0.05) is 13.8 Å². The maximum Gasteiger partial charge on any atom is 0.318 e. The van der Waals surface area contributed by atoms with Crippen LogP contribution in [0.2, 0.25) is 0 Å². The minimum absolute atomic E-state index is 0.00129. The fraction of sp³-hybridized carbons (Fsp3) is 0.667. The highest BCUT2D eigenvalue weighted by Gasteiger charge is 2.38. The predicted octanol–water partition coefficient (Wildman–Crippen LogP) is 2.77.